The van der Waals surface area contributed by atoms with Crippen molar-refractivity contribution in [2.75, 3.05) is 31.9 Å². The molecule has 0 spiro atoms. The summed E-state index contributed by atoms with van der Waals surface area (Å²) >= 11 is 10.6. The smallest absolute Gasteiger partial charge is 0.237 e. The fraction of sp³-hybridized carbons (Fsp3) is 0.750. The fourth-order valence-corrected chi connectivity index (χ4v) is 1.12. The topological polar surface area (TPSA) is 49.4 Å². The van der Waals surface area contributed by atoms with Crippen LogP contribution >= 0.6 is 23.2 Å². The first-order valence-electron chi connectivity index (χ1n) is 4.24. The number of nitrogens with zero attached hydrogens (tertiary/aromatic N) is 1. The van der Waals surface area contributed by atoms with Crippen molar-refractivity contribution in [1.82, 2.24) is 10.2 Å². The number of halogens is 2. The molecule has 0 aromatic carbocycles. The summed E-state index contributed by atoms with van der Waals surface area (Å²) in [6.07, 6.45) is 0.696. The van der Waals surface area contributed by atoms with E-state index in [2.05, 4.69) is 5.32 Å². The molecule has 82 valence electrons. The normalized spacial score (nSPS) is 9.64. The fourth-order valence-electron chi connectivity index (χ4n) is 0.818. The van der Waals surface area contributed by atoms with E-state index in [-0.39, 0.29) is 23.6 Å². The van der Waals surface area contributed by atoms with Crippen LogP contribution in [0.2, 0.25) is 0 Å². The molecule has 2 amide bonds. The number of carbonyl (C=O) groups is 2. The van der Waals surface area contributed by atoms with Crippen LogP contribution in [0.1, 0.15) is 6.42 Å². The highest BCUT2D eigenvalue weighted by molar-refractivity contribution is 6.27. The third-order valence-electron chi connectivity index (χ3n) is 1.65. The molecular weight excluding hydrogens is 227 g/mol. The molecule has 0 aliphatic rings. The molecule has 0 unspecified atom stereocenters. The average molecular weight is 241 g/mol. The van der Waals surface area contributed by atoms with E-state index in [0.29, 0.717) is 19.5 Å². The Hall–Kier alpha value is -0.480. The van der Waals surface area contributed by atoms with Crippen LogP contribution < -0.4 is 5.32 Å². The van der Waals surface area contributed by atoms with E-state index in [0.717, 1.165) is 0 Å². The van der Waals surface area contributed by atoms with Crippen LogP contribution in [-0.2, 0) is 9.59 Å². The maximum absolute atomic E-state index is 11.0. The first-order chi connectivity index (χ1) is 6.61. The molecule has 0 saturated heterocycles. The van der Waals surface area contributed by atoms with Gasteiger partial charge in [0.2, 0.25) is 11.8 Å². The molecule has 0 rings (SSSR count). The molecule has 0 bridgehead atoms. The number of amides is 2. The van der Waals surface area contributed by atoms with Crippen LogP contribution in [0.5, 0.6) is 0 Å². The predicted molar refractivity (Wildman–Crippen MR) is 56.7 cm³/mol. The molecule has 1 N–H and O–H groups in total. The molecular formula is C8H14Cl2N2O2. The van der Waals surface area contributed by atoms with Gasteiger partial charge in [0.25, 0.3) is 0 Å². The SMILES string of the molecule is CN(CCCNC(=O)CCl)C(=O)CCl. The standard InChI is InChI=1S/C8H14Cl2N2O2/c1-12(8(14)6-10)4-2-3-11-7(13)5-9/h2-6H2,1H3,(H,11,13). The van der Waals surface area contributed by atoms with Crippen LogP contribution in [0, 0.1) is 0 Å². The predicted octanol–water partition coefficient (Wildman–Crippen LogP) is 0.429. The Morgan fingerprint density at radius 1 is 1.29 bits per heavy atom. The monoisotopic (exact) mass is 240 g/mol. The van der Waals surface area contributed by atoms with E-state index in [4.69, 9.17) is 23.2 Å². The lowest BCUT2D eigenvalue weighted by atomic mass is 10.4. The highest BCUT2D eigenvalue weighted by Gasteiger charge is 2.05. The number of carbonyl (C=O) groups excluding carboxylic acids is 2. The highest BCUT2D eigenvalue weighted by Crippen LogP contribution is 1.90. The number of hydrogen-bond acceptors (Lipinski definition) is 2. The maximum Gasteiger partial charge on any atom is 0.237 e. The Labute approximate surface area is 93.5 Å². The molecule has 14 heavy (non-hydrogen) atoms. The number of nitrogens with one attached hydrogen (secondary N) is 1. The van der Waals surface area contributed by atoms with Gasteiger partial charge in [0, 0.05) is 20.1 Å². The summed E-state index contributed by atoms with van der Waals surface area (Å²) in [5, 5.41) is 2.60. The molecule has 6 heteroatoms. The first-order valence-corrected chi connectivity index (χ1v) is 5.31. The van der Waals surface area contributed by atoms with Gasteiger partial charge in [-0.15, -0.1) is 23.2 Å². The van der Waals surface area contributed by atoms with Crippen LogP contribution in [0.25, 0.3) is 0 Å². The van der Waals surface area contributed by atoms with Crippen LogP contribution in [0.3, 0.4) is 0 Å². The van der Waals surface area contributed by atoms with E-state index >= 15 is 0 Å². The van der Waals surface area contributed by atoms with E-state index in [1.54, 1.807) is 7.05 Å². The molecule has 0 aromatic rings. The molecule has 0 heterocycles. The third kappa shape index (κ3) is 6.05. The maximum atomic E-state index is 11.0. The highest BCUT2D eigenvalue weighted by atomic mass is 35.5. The zero-order valence-corrected chi connectivity index (χ0v) is 9.57. The Bertz CT molecular complexity index is 200. The van der Waals surface area contributed by atoms with Gasteiger partial charge in [0.15, 0.2) is 0 Å². The van der Waals surface area contributed by atoms with Crippen LogP contribution in [0.15, 0.2) is 0 Å². The van der Waals surface area contributed by atoms with Crippen molar-refractivity contribution in [2.24, 2.45) is 0 Å². The molecule has 0 radical (unpaired) electrons. The van der Waals surface area contributed by atoms with Gasteiger partial charge < -0.3 is 10.2 Å². The Morgan fingerprint density at radius 3 is 2.43 bits per heavy atom. The largest absolute Gasteiger partial charge is 0.355 e. The lowest BCUT2D eigenvalue weighted by Crippen LogP contribution is -2.32. The van der Waals surface area contributed by atoms with Crippen molar-refractivity contribution in [3.05, 3.63) is 0 Å². The second kappa shape index (κ2) is 7.88. The van der Waals surface area contributed by atoms with Gasteiger partial charge in [-0.1, -0.05) is 0 Å². The van der Waals surface area contributed by atoms with Gasteiger partial charge >= 0.3 is 0 Å². The van der Waals surface area contributed by atoms with Gasteiger partial charge in [0.05, 0.1) is 0 Å². The number of alkyl halides is 2. The van der Waals surface area contributed by atoms with Crippen molar-refractivity contribution in [3.63, 3.8) is 0 Å². The van der Waals surface area contributed by atoms with Crippen LogP contribution in [-0.4, -0.2) is 48.6 Å². The van der Waals surface area contributed by atoms with E-state index in [1.165, 1.54) is 4.90 Å². The Morgan fingerprint density at radius 2 is 1.93 bits per heavy atom. The van der Waals surface area contributed by atoms with E-state index in [9.17, 15) is 9.59 Å². The van der Waals surface area contributed by atoms with Gasteiger partial charge in [-0.25, -0.2) is 0 Å². The number of hydrogen-bond donors (Lipinski definition) is 1. The quantitative estimate of drug-likeness (QED) is 0.541. The molecule has 0 aliphatic heterocycles. The lowest BCUT2D eigenvalue weighted by Gasteiger charge is -2.15. The second-order valence-electron chi connectivity index (χ2n) is 2.79. The van der Waals surface area contributed by atoms with Gasteiger partial charge in [0.1, 0.15) is 11.8 Å². The lowest BCUT2D eigenvalue weighted by molar-refractivity contribution is -0.127. The van der Waals surface area contributed by atoms with Gasteiger partial charge in [-0.3, -0.25) is 9.59 Å². The summed E-state index contributed by atoms with van der Waals surface area (Å²) < 4.78 is 0. The minimum absolute atomic E-state index is 0.00939. The van der Waals surface area contributed by atoms with Gasteiger partial charge in [-0.05, 0) is 6.42 Å². The number of rotatable bonds is 6. The summed E-state index contributed by atoms with van der Waals surface area (Å²) in [6.45, 7) is 1.10. The van der Waals surface area contributed by atoms with Crippen LogP contribution in [0.4, 0.5) is 0 Å². The second-order valence-corrected chi connectivity index (χ2v) is 3.32. The zero-order chi connectivity index (χ0) is 11.0. The summed E-state index contributed by atoms with van der Waals surface area (Å²) in [5.74, 6) is -0.352. The van der Waals surface area contributed by atoms with Crippen molar-refractivity contribution < 1.29 is 9.59 Å². The van der Waals surface area contributed by atoms with Crippen molar-refractivity contribution in [2.45, 2.75) is 6.42 Å². The Kier molecular flexibility index (Phi) is 7.61. The molecule has 0 atom stereocenters. The minimum Gasteiger partial charge on any atom is -0.355 e. The summed E-state index contributed by atoms with van der Waals surface area (Å²) in [7, 11) is 1.67. The molecule has 4 nitrogen and oxygen atoms in total. The van der Waals surface area contributed by atoms with E-state index < -0.39 is 0 Å². The average Bonchev–Trinajstić information content (AvgIpc) is 2.22. The molecule has 0 aliphatic carbocycles. The summed E-state index contributed by atoms with van der Waals surface area (Å²) in [6, 6.07) is 0. The van der Waals surface area contributed by atoms with Crippen molar-refractivity contribution in [3.8, 4) is 0 Å². The third-order valence-corrected chi connectivity index (χ3v) is 2.13. The molecule has 0 saturated carbocycles. The zero-order valence-electron chi connectivity index (χ0n) is 8.06. The first kappa shape index (κ1) is 13.5. The van der Waals surface area contributed by atoms with Gasteiger partial charge in [-0.2, -0.15) is 0 Å². The Balaban J connectivity index is 3.45. The van der Waals surface area contributed by atoms with Crippen molar-refractivity contribution in [1.29, 1.82) is 0 Å². The molecule has 0 aromatic heterocycles. The minimum atomic E-state index is -0.196. The molecule has 0 fully saturated rings. The van der Waals surface area contributed by atoms with E-state index in [1.807, 2.05) is 0 Å². The summed E-state index contributed by atoms with van der Waals surface area (Å²) in [5.41, 5.74) is 0. The van der Waals surface area contributed by atoms with Crippen molar-refractivity contribution >= 4 is 35.0 Å². The summed E-state index contributed by atoms with van der Waals surface area (Å²) in [4.78, 5) is 23.2.